The van der Waals surface area contributed by atoms with Gasteiger partial charge in [-0.2, -0.15) is 0 Å². The number of amides is 1. The molecular weight excluding hydrogens is 352 g/mol. The average molecular weight is 376 g/mol. The molecule has 1 aromatic carbocycles. The van der Waals surface area contributed by atoms with Gasteiger partial charge in [0.2, 0.25) is 5.91 Å². The van der Waals surface area contributed by atoms with Crippen LogP contribution in [0.5, 0.6) is 0 Å². The molecule has 1 heterocycles. The summed E-state index contributed by atoms with van der Waals surface area (Å²) in [5, 5.41) is 0. The lowest BCUT2D eigenvalue weighted by Gasteiger charge is -2.42. The number of halogens is 2. The maximum absolute atomic E-state index is 12.3. The molecule has 1 aliphatic heterocycles. The van der Waals surface area contributed by atoms with Gasteiger partial charge in [-0.3, -0.25) is 4.79 Å². The largest absolute Gasteiger partial charge is 0.342 e. The van der Waals surface area contributed by atoms with E-state index in [0.29, 0.717) is 6.42 Å². The molecule has 2 rings (SSSR count). The van der Waals surface area contributed by atoms with Crippen LogP contribution in [0, 0.1) is 5.41 Å². The first-order valence-electron chi connectivity index (χ1n) is 7.16. The lowest BCUT2D eigenvalue weighted by atomic mass is 9.79. The topological polar surface area (TPSA) is 46.3 Å². The van der Waals surface area contributed by atoms with Gasteiger partial charge < -0.3 is 10.6 Å². The number of likely N-dealkylation sites (tertiary alicyclic amines) is 1. The Bertz CT molecular complexity index is 476. The molecule has 5 heteroatoms. The van der Waals surface area contributed by atoms with Gasteiger partial charge in [0.25, 0.3) is 0 Å². The predicted molar refractivity (Wildman–Crippen MR) is 92.7 cm³/mol. The van der Waals surface area contributed by atoms with Crippen molar-refractivity contribution in [1.82, 2.24) is 4.90 Å². The smallest absolute Gasteiger partial charge is 0.222 e. The molecule has 0 aromatic heterocycles. The van der Waals surface area contributed by atoms with E-state index >= 15 is 0 Å². The minimum absolute atomic E-state index is 0. The number of nitrogens with zero attached hydrogens (tertiary/aromatic N) is 1. The van der Waals surface area contributed by atoms with Gasteiger partial charge in [-0.25, -0.2) is 0 Å². The molecule has 118 valence electrons. The molecule has 21 heavy (non-hydrogen) atoms. The summed E-state index contributed by atoms with van der Waals surface area (Å²) in [6.45, 7) is 5.86. The van der Waals surface area contributed by atoms with Crippen LogP contribution in [0.2, 0.25) is 0 Å². The molecule has 0 saturated carbocycles. The van der Waals surface area contributed by atoms with E-state index < -0.39 is 0 Å². The van der Waals surface area contributed by atoms with Gasteiger partial charge in [0, 0.05) is 30.0 Å². The van der Waals surface area contributed by atoms with Gasteiger partial charge in [0.1, 0.15) is 0 Å². The van der Waals surface area contributed by atoms with Crippen LogP contribution in [0.15, 0.2) is 28.7 Å². The summed E-state index contributed by atoms with van der Waals surface area (Å²) >= 11 is 3.42. The Hall–Kier alpha value is -0.580. The highest BCUT2D eigenvalue weighted by Gasteiger charge is 2.34. The molecule has 0 bridgehead atoms. The normalized spacial score (nSPS) is 20.8. The number of carbonyl (C=O) groups excluding carboxylic acids is 1. The first-order valence-corrected chi connectivity index (χ1v) is 7.95. The summed E-state index contributed by atoms with van der Waals surface area (Å²) in [6.07, 6.45) is 2.28. The van der Waals surface area contributed by atoms with Crippen molar-refractivity contribution in [2.45, 2.75) is 39.2 Å². The zero-order chi connectivity index (χ0) is 14.8. The molecular formula is C16H24BrClN2O. The van der Waals surface area contributed by atoms with Gasteiger partial charge in [0.15, 0.2) is 0 Å². The number of hydrogen-bond donors (Lipinski definition) is 1. The van der Waals surface area contributed by atoms with E-state index in [1.165, 1.54) is 5.56 Å². The van der Waals surface area contributed by atoms with Crippen LogP contribution in [0.3, 0.4) is 0 Å². The molecule has 0 spiro atoms. The number of benzene rings is 1. The Balaban J connectivity index is 0.00000220. The average Bonchev–Trinajstić information content (AvgIpc) is 2.41. The van der Waals surface area contributed by atoms with Crippen molar-refractivity contribution in [3.63, 3.8) is 0 Å². The fourth-order valence-electron chi connectivity index (χ4n) is 2.65. The number of piperidine rings is 1. The fourth-order valence-corrected chi connectivity index (χ4v) is 2.91. The third kappa shape index (κ3) is 4.97. The quantitative estimate of drug-likeness (QED) is 0.880. The SMILES string of the molecule is CC1(C)CN(C(=O)CCc2ccc(Br)cc2)CCC1N.Cl. The van der Waals surface area contributed by atoms with Crippen molar-refractivity contribution in [2.24, 2.45) is 11.1 Å². The van der Waals surface area contributed by atoms with Gasteiger partial charge >= 0.3 is 0 Å². The van der Waals surface area contributed by atoms with Gasteiger partial charge in [-0.1, -0.05) is 41.9 Å². The van der Waals surface area contributed by atoms with Crippen molar-refractivity contribution in [3.8, 4) is 0 Å². The minimum atomic E-state index is 0. The van der Waals surface area contributed by atoms with E-state index in [9.17, 15) is 4.79 Å². The van der Waals surface area contributed by atoms with E-state index in [4.69, 9.17) is 5.73 Å². The zero-order valence-electron chi connectivity index (χ0n) is 12.6. The molecule has 1 aromatic rings. The maximum atomic E-state index is 12.3. The van der Waals surface area contributed by atoms with Crippen LogP contribution in [0.4, 0.5) is 0 Å². The second-order valence-electron chi connectivity index (χ2n) is 6.33. The van der Waals surface area contributed by atoms with Crippen LogP contribution in [0.25, 0.3) is 0 Å². The highest BCUT2D eigenvalue weighted by Crippen LogP contribution is 2.28. The van der Waals surface area contributed by atoms with Crippen LogP contribution in [-0.4, -0.2) is 29.9 Å². The summed E-state index contributed by atoms with van der Waals surface area (Å²) in [5.74, 6) is 0.243. The van der Waals surface area contributed by atoms with Crippen LogP contribution in [-0.2, 0) is 11.2 Å². The Kier molecular flexibility index (Phi) is 6.70. The number of hydrogen-bond acceptors (Lipinski definition) is 2. The predicted octanol–water partition coefficient (Wildman–Crippen LogP) is 3.39. The number of rotatable bonds is 3. The Morgan fingerprint density at radius 2 is 2.00 bits per heavy atom. The lowest BCUT2D eigenvalue weighted by molar-refractivity contribution is -0.134. The van der Waals surface area contributed by atoms with Crippen molar-refractivity contribution < 1.29 is 4.79 Å². The first kappa shape index (κ1) is 18.5. The molecule has 2 N–H and O–H groups in total. The molecule has 1 saturated heterocycles. The molecule has 0 aliphatic carbocycles. The molecule has 1 fully saturated rings. The van der Waals surface area contributed by atoms with Crippen molar-refractivity contribution in [3.05, 3.63) is 34.3 Å². The fraction of sp³-hybridized carbons (Fsp3) is 0.562. The number of aryl methyl sites for hydroxylation is 1. The monoisotopic (exact) mass is 374 g/mol. The molecule has 3 nitrogen and oxygen atoms in total. The first-order chi connectivity index (χ1) is 9.38. The standard InChI is InChI=1S/C16H23BrN2O.ClH/c1-16(2)11-19(10-9-14(16)18)15(20)8-5-12-3-6-13(17)7-4-12;/h3-4,6-7,14H,5,8-11,18H2,1-2H3;1H. The van der Waals surface area contributed by atoms with Crippen molar-refractivity contribution >= 4 is 34.2 Å². The molecule has 1 aliphatic rings. The van der Waals surface area contributed by atoms with Crippen molar-refractivity contribution in [1.29, 1.82) is 0 Å². The molecule has 1 unspecified atom stereocenters. The molecule has 0 radical (unpaired) electrons. The second kappa shape index (κ2) is 7.61. The van der Waals surface area contributed by atoms with Crippen LogP contribution in [0.1, 0.15) is 32.3 Å². The maximum Gasteiger partial charge on any atom is 0.222 e. The highest BCUT2D eigenvalue weighted by molar-refractivity contribution is 9.10. The Labute approximate surface area is 141 Å². The second-order valence-corrected chi connectivity index (χ2v) is 7.24. The van der Waals surface area contributed by atoms with E-state index in [2.05, 4.69) is 41.9 Å². The Morgan fingerprint density at radius 3 is 2.57 bits per heavy atom. The Morgan fingerprint density at radius 1 is 1.38 bits per heavy atom. The number of nitrogens with two attached hydrogens (primary N) is 1. The summed E-state index contributed by atoms with van der Waals surface area (Å²) < 4.78 is 1.07. The summed E-state index contributed by atoms with van der Waals surface area (Å²) in [5.41, 5.74) is 7.33. The summed E-state index contributed by atoms with van der Waals surface area (Å²) in [6, 6.07) is 8.35. The van der Waals surface area contributed by atoms with E-state index in [-0.39, 0.29) is 29.8 Å². The van der Waals surface area contributed by atoms with Gasteiger partial charge in [-0.15, -0.1) is 12.4 Å². The van der Waals surface area contributed by atoms with Gasteiger partial charge in [-0.05, 0) is 36.0 Å². The molecule has 1 atom stereocenters. The third-order valence-electron chi connectivity index (χ3n) is 4.21. The summed E-state index contributed by atoms with van der Waals surface area (Å²) in [4.78, 5) is 14.3. The van der Waals surface area contributed by atoms with Gasteiger partial charge in [0.05, 0.1) is 0 Å². The minimum Gasteiger partial charge on any atom is -0.342 e. The highest BCUT2D eigenvalue weighted by atomic mass is 79.9. The van der Waals surface area contributed by atoms with E-state index in [1.807, 2.05) is 17.0 Å². The summed E-state index contributed by atoms with van der Waals surface area (Å²) in [7, 11) is 0. The van der Waals surface area contributed by atoms with Crippen molar-refractivity contribution in [2.75, 3.05) is 13.1 Å². The van der Waals surface area contributed by atoms with E-state index in [0.717, 1.165) is 30.4 Å². The molecule has 1 amide bonds. The zero-order valence-corrected chi connectivity index (χ0v) is 15.0. The third-order valence-corrected chi connectivity index (χ3v) is 4.73. The number of carbonyl (C=O) groups is 1. The van der Waals surface area contributed by atoms with E-state index in [1.54, 1.807) is 0 Å². The van der Waals surface area contributed by atoms with Crippen LogP contribution >= 0.6 is 28.3 Å². The van der Waals surface area contributed by atoms with Crippen LogP contribution < -0.4 is 5.73 Å². The lowest BCUT2D eigenvalue weighted by Crippen LogP contribution is -2.54.